The second-order valence-electron chi connectivity index (χ2n) is 8.20. The van der Waals surface area contributed by atoms with Gasteiger partial charge in [0, 0.05) is 30.1 Å². The molecule has 0 saturated carbocycles. The van der Waals surface area contributed by atoms with E-state index in [0.29, 0.717) is 10.6 Å². The van der Waals surface area contributed by atoms with Gasteiger partial charge >= 0.3 is 5.97 Å². The minimum Gasteiger partial charge on any atom is -0.478 e. The number of halogens is 1. The molecule has 182 valence electrons. The van der Waals surface area contributed by atoms with Crippen LogP contribution in [0.3, 0.4) is 0 Å². The fourth-order valence-corrected chi connectivity index (χ4v) is 4.06. The topological polar surface area (TPSA) is 123 Å². The number of hydrogen-bond acceptors (Lipinski definition) is 5. The molecule has 10 heteroatoms. The number of aromatic nitrogens is 2. The van der Waals surface area contributed by atoms with Gasteiger partial charge in [-0.3, -0.25) is 9.59 Å². The molecule has 2 amide bonds. The summed E-state index contributed by atoms with van der Waals surface area (Å²) in [6.45, 7) is 5.33. The Kier molecular flexibility index (Phi) is 8.46. The van der Waals surface area contributed by atoms with Gasteiger partial charge in [-0.15, -0.1) is 0 Å². The van der Waals surface area contributed by atoms with Gasteiger partial charge < -0.3 is 20.5 Å². The second kappa shape index (κ2) is 11.3. The number of carboxylic acids is 1. The van der Waals surface area contributed by atoms with Crippen LogP contribution in [-0.2, 0) is 14.3 Å². The Morgan fingerprint density at radius 3 is 2.47 bits per heavy atom. The van der Waals surface area contributed by atoms with Crippen LogP contribution in [-0.4, -0.2) is 57.0 Å². The summed E-state index contributed by atoms with van der Waals surface area (Å²) >= 11 is 5.93. The van der Waals surface area contributed by atoms with Gasteiger partial charge in [0.2, 0.25) is 5.91 Å². The molecule has 0 unspecified atom stereocenters. The molecule has 34 heavy (non-hydrogen) atoms. The molecule has 1 aromatic carbocycles. The summed E-state index contributed by atoms with van der Waals surface area (Å²) in [4.78, 5) is 36.8. The summed E-state index contributed by atoms with van der Waals surface area (Å²) in [5.74, 6) is -1.83. The van der Waals surface area contributed by atoms with Gasteiger partial charge in [-0.25, -0.2) is 9.48 Å². The molecular weight excluding hydrogens is 460 g/mol. The Bertz CT molecular complexity index is 1060. The average molecular weight is 489 g/mol. The molecule has 0 bridgehead atoms. The minimum absolute atomic E-state index is 0.0418. The Morgan fingerprint density at radius 1 is 1.21 bits per heavy atom. The second-order valence-corrected chi connectivity index (χ2v) is 8.63. The summed E-state index contributed by atoms with van der Waals surface area (Å²) in [5.41, 5.74) is 1.15. The molecule has 3 N–H and O–H groups in total. The van der Waals surface area contributed by atoms with E-state index < -0.39 is 30.1 Å². The van der Waals surface area contributed by atoms with E-state index >= 15 is 0 Å². The highest BCUT2D eigenvalue weighted by molar-refractivity contribution is 6.30. The number of hydrogen-bond donors (Lipinski definition) is 3. The van der Waals surface area contributed by atoms with E-state index in [9.17, 15) is 19.5 Å². The number of nitrogens with zero attached hydrogens (tertiary/aromatic N) is 2. The normalized spacial score (nSPS) is 20.0. The number of aliphatic carboxylic acids is 1. The van der Waals surface area contributed by atoms with Crippen molar-refractivity contribution < 1.29 is 24.2 Å². The van der Waals surface area contributed by atoms with Crippen molar-refractivity contribution in [3.63, 3.8) is 0 Å². The van der Waals surface area contributed by atoms with Gasteiger partial charge in [0.25, 0.3) is 5.91 Å². The van der Waals surface area contributed by atoms with Gasteiger partial charge in [-0.1, -0.05) is 25.4 Å². The third-order valence-electron chi connectivity index (χ3n) is 5.75. The van der Waals surface area contributed by atoms with Crippen LogP contribution in [0.5, 0.6) is 0 Å². The quantitative estimate of drug-likeness (QED) is 0.498. The zero-order chi connectivity index (χ0) is 24.8. The van der Waals surface area contributed by atoms with Crippen molar-refractivity contribution in [1.29, 1.82) is 0 Å². The molecule has 0 spiro atoms. The first-order valence-corrected chi connectivity index (χ1v) is 11.6. The number of nitrogens with one attached hydrogen (secondary N) is 2. The van der Waals surface area contributed by atoms with Crippen LogP contribution < -0.4 is 10.6 Å². The van der Waals surface area contributed by atoms with E-state index in [1.807, 2.05) is 13.8 Å². The summed E-state index contributed by atoms with van der Waals surface area (Å²) in [5, 5.41) is 20.2. The molecule has 3 rings (SSSR count). The number of carbonyl (C=O) groups is 3. The summed E-state index contributed by atoms with van der Waals surface area (Å²) < 4.78 is 7.68. The average Bonchev–Trinajstić information content (AvgIpc) is 3.29. The molecular formula is C24H29ClN4O5. The minimum atomic E-state index is -1.09. The van der Waals surface area contributed by atoms with Crippen molar-refractivity contribution in [2.24, 2.45) is 0 Å². The molecule has 1 aromatic heterocycles. The molecule has 9 nitrogen and oxygen atoms in total. The predicted molar refractivity (Wildman–Crippen MR) is 127 cm³/mol. The van der Waals surface area contributed by atoms with Crippen molar-refractivity contribution in [1.82, 2.24) is 20.4 Å². The number of carbonyl (C=O) groups excluding carboxylic acids is 2. The van der Waals surface area contributed by atoms with Gasteiger partial charge in [0.1, 0.15) is 0 Å². The Labute approximate surface area is 203 Å². The smallest absolute Gasteiger partial charge is 0.331 e. The highest BCUT2D eigenvalue weighted by Gasteiger charge is 2.38. The standard InChI is InChI=1S/C24H29ClN4O5/c1-4-19(5-2)34-21-11-15(24(32)33)10-20(22(21)27-14(3)30)28-23(31)16-12-26-29(13-16)18-8-6-17(25)7-9-18/h6-9,11-13,19-22H,4-5,10H2,1-3H3,(H,27,30)(H,28,31)(H,32,33)/t20-,21+,22+/m0/s1. The zero-order valence-corrected chi connectivity index (χ0v) is 20.1. The molecule has 3 atom stereocenters. The molecule has 1 aliphatic carbocycles. The van der Waals surface area contributed by atoms with Crippen LogP contribution in [0.2, 0.25) is 5.02 Å². The summed E-state index contributed by atoms with van der Waals surface area (Å²) in [6, 6.07) is 5.67. The van der Waals surface area contributed by atoms with Crippen molar-refractivity contribution in [3.8, 4) is 5.69 Å². The number of carboxylic acid groups (broad SMARTS) is 1. The van der Waals surface area contributed by atoms with E-state index in [4.69, 9.17) is 16.3 Å². The first-order valence-electron chi connectivity index (χ1n) is 11.2. The van der Waals surface area contributed by atoms with E-state index in [1.165, 1.54) is 19.2 Å². The molecule has 2 aromatic rings. The maximum absolute atomic E-state index is 13.1. The lowest BCUT2D eigenvalue weighted by Gasteiger charge is -2.38. The van der Waals surface area contributed by atoms with E-state index in [1.54, 1.807) is 35.1 Å². The number of benzene rings is 1. The number of ether oxygens (including phenoxy) is 1. The van der Waals surface area contributed by atoms with Gasteiger partial charge in [-0.05, 0) is 43.2 Å². The van der Waals surface area contributed by atoms with Crippen molar-refractivity contribution in [2.45, 2.75) is 64.3 Å². The van der Waals surface area contributed by atoms with Gasteiger partial charge in [0.15, 0.2) is 0 Å². The zero-order valence-electron chi connectivity index (χ0n) is 19.3. The van der Waals surface area contributed by atoms with E-state index in [2.05, 4.69) is 15.7 Å². The van der Waals surface area contributed by atoms with Crippen LogP contribution in [0.25, 0.3) is 5.69 Å². The number of amides is 2. The highest BCUT2D eigenvalue weighted by Crippen LogP contribution is 2.25. The van der Waals surface area contributed by atoms with Crippen molar-refractivity contribution >= 4 is 29.4 Å². The lowest BCUT2D eigenvalue weighted by Crippen LogP contribution is -2.59. The van der Waals surface area contributed by atoms with Crippen LogP contribution in [0.4, 0.5) is 0 Å². The molecule has 0 aliphatic heterocycles. The molecule has 0 radical (unpaired) electrons. The first-order chi connectivity index (χ1) is 16.2. The van der Waals surface area contributed by atoms with E-state index in [-0.39, 0.29) is 24.0 Å². The fraction of sp³-hybridized carbons (Fsp3) is 0.417. The van der Waals surface area contributed by atoms with Gasteiger partial charge in [0.05, 0.1) is 41.7 Å². The summed E-state index contributed by atoms with van der Waals surface area (Å²) in [6.07, 6.45) is 5.22. The summed E-state index contributed by atoms with van der Waals surface area (Å²) in [7, 11) is 0. The molecule has 1 aliphatic rings. The predicted octanol–water partition coefficient (Wildman–Crippen LogP) is 3.12. The maximum atomic E-state index is 13.1. The lowest BCUT2D eigenvalue weighted by molar-refractivity contribution is -0.133. The van der Waals surface area contributed by atoms with Gasteiger partial charge in [-0.2, -0.15) is 5.10 Å². The molecule has 0 fully saturated rings. The van der Waals surface area contributed by atoms with Crippen molar-refractivity contribution in [2.75, 3.05) is 0 Å². The Morgan fingerprint density at radius 2 is 1.88 bits per heavy atom. The van der Waals surface area contributed by atoms with Crippen LogP contribution in [0.15, 0.2) is 48.3 Å². The highest BCUT2D eigenvalue weighted by atomic mass is 35.5. The Balaban J connectivity index is 1.84. The number of rotatable bonds is 9. The third kappa shape index (κ3) is 6.24. The maximum Gasteiger partial charge on any atom is 0.331 e. The molecule has 0 saturated heterocycles. The van der Waals surface area contributed by atoms with Crippen LogP contribution >= 0.6 is 11.6 Å². The van der Waals surface area contributed by atoms with E-state index in [0.717, 1.165) is 18.5 Å². The third-order valence-corrected chi connectivity index (χ3v) is 6.00. The fourth-order valence-electron chi connectivity index (χ4n) is 3.93. The largest absolute Gasteiger partial charge is 0.478 e. The first kappa shape index (κ1) is 25.5. The monoisotopic (exact) mass is 488 g/mol. The van der Waals surface area contributed by atoms with Crippen LogP contribution in [0, 0.1) is 0 Å². The SMILES string of the molecule is CCC(CC)O[C@@H]1C=C(C(=O)O)C[C@H](NC(=O)c2cnn(-c3ccc(Cl)cc3)c2)[C@H]1NC(C)=O. The lowest BCUT2D eigenvalue weighted by atomic mass is 9.87. The van der Waals surface area contributed by atoms with Crippen LogP contribution in [0.1, 0.15) is 50.4 Å². The molecule has 1 heterocycles. The van der Waals surface area contributed by atoms with Crippen molar-refractivity contribution in [3.05, 3.63) is 58.9 Å². The Hall–Kier alpha value is -3.17.